The van der Waals surface area contributed by atoms with Gasteiger partial charge in [-0.15, -0.1) is 0 Å². The molecule has 2 aliphatic heterocycles. The smallest absolute Gasteiger partial charge is 0.404 e. The number of morpholine rings is 1. The van der Waals surface area contributed by atoms with Crippen molar-refractivity contribution in [3.63, 3.8) is 0 Å². The van der Waals surface area contributed by atoms with E-state index in [1.165, 1.54) is 0 Å². The van der Waals surface area contributed by atoms with E-state index in [1.54, 1.807) is 17.1 Å². The lowest BCUT2D eigenvalue weighted by atomic mass is 10.1. The monoisotopic (exact) mass is 283 g/mol. The Morgan fingerprint density at radius 1 is 1.35 bits per heavy atom. The first-order chi connectivity index (χ1) is 9.65. The average molecular weight is 283 g/mol. The molecule has 0 radical (unpaired) electrons. The minimum atomic E-state index is -1.00. The molecular weight excluding hydrogens is 262 g/mol. The third-order valence-corrected chi connectivity index (χ3v) is 3.54. The number of hydrogen-bond donors (Lipinski definition) is 3. The first kappa shape index (κ1) is 14.8. The Balaban J connectivity index is 1.73. The molecule has 20 heavy (non-hydrogen) atoms. The zero-order valence-corrected chi connectivity index (χ0v) is 11.4. The van der Waals surface area contributed by atoms with Crippen molar-refractivity contribution in [1.29, 1.82) is 0 Å². The molecule has 0 aliphatic carbocycles. The van der Waals surface area contributed by atoms with Crippen LogP contribution in [0.4, 0.5) is 4.79 Å². The molecule has 2 aliphatic rings. The van der Waals surface area contributed by atoms with Crippen LogP contribution in [0.3, 0.4) is 0 Å². The van der Waals surface area contributed by atoms with Gasteiger partial charge in [-0.3, -0.25) is 4.79 Å². The molecule has 0 aromatic carbocycles. The summed E-state index contributed by atoms with van der Waals surface area (Å²) in [5.74, 6) is -0.0343. The van der Waals surface area contributed by atoms with E-state index < -0.39 is 6.09 Å². The van der Waals surface area contributed by atoms with Crippen molar-refractivity contribution in [1.82, 2.24) is 15.5 Å². The molecule has 1 unspecified atom stereocenters. The Morgan fingerprint density at radius 2 is 2.10 bits per heavy atom. The van der Waals surface area contributed by atoms with Crippen LogP contribution >= 0.6 is 0 Å². The molecule has 112 valence electrons. The molecule has 0 aromatic rings. The zero-order valence-electron chi connectivity index (χ0n) is 11.4. The van der Waals surface area contributed by atoms with Gasteiger partial charge in [-0.1, -0.05) is 0 Å². The Kier molecular flexibility index (Phi) is 5.37. The van der Waals surface area contributed by atoms with E-state index in [0.29, 0.717) is 32.5 Å². The lowest BCUT2D eigenvalue weighted by Crippen LogP contribution is -2.46. The molecule has 7 heteroatoms. The fourth-order valence-electron chi connectivity index (χ4n) is 2.42. The largest absolute Gasteiger partial charge is 0.465 e. The lowest BCUT2D eigenvalue weighted by molar-refractivity contribution is -0.127. The van der Waals surface area contributed by atoms with E-state index in [4.69, 9.17) is 9.84 Å². The van der Waals surface area contributed by atoms with E-state index in [2.05, 4.69) is 10.6 Å². The van der Waals surface area contributed by atoms with Crippen molar-refractivity contribution >= 4 is 12.0 Å². The average Bonchev–Trinajstić information content (AvgIpc) is 2.46. The molecule has 0 bridgehead atoms. The second-order valence-corrected chi connectivity index (χ2v) is 5.02. The zero-order chi connectivity index (χ0) is 14.4. The Bertz CT molecular complexity index is 372. The minimum Gasteiger partial charge on any atom is -0.465 e. The summed E-state index contributed by atoms with van der Waals surface area (Å²) in [4.78, 5) is 24.3. The second-order valence-electron chi connectivity index (χ2n) is 5.02. The van der Waals surface area contributed by atoms with E-state index >= 15 is 0 Å². The fourth-order valence-corrected chi connectivity index (χ4v) is 2.42. The van der Waals surface area contributed by atoms with Gasteiger partial charge < -0.3 is 25.4 Å². The van der Waals surface area contributed by atoms with Crippen LogP contribution in [0, 0.1) is 0 Å². The summed E-state index contributed by atoms with van der Waals surface area (Å²) >= 11 is 0. The number of carbonyl (C=O) groups is 2. The molecule has 7 nitrogen and oxygen atoms in total. The van der Waals surface area contributed by atoms with Crippen LogP contribution in [0.15, 0.2) is 12.2 Å². The molecule has 2 heterocycles. The summed E-state index contributed by atoms with van der Waals surface area (Å²) in [6.45, 7) is 3.40. The van der Waals surface area contributed by atoms with Gasteiger partial charge in [0.05, 0.1) is 12.7 Å². The maximum absolute atomic E-state index is 12.0. The van der Waals surface area contributed by atoms with Gasteiger partial charge in [-0.2, -0.15) is 0 Å². The van der Waals surface area contributed by atoms with Gasteiger partial charge in [0.1, 0.15) is 0 Å². The number of carbonyl (C=O) groups excluding carboxylic acids is 1. The fraction of sp³-hybridized carbons (Fsp3) is 0.692. The highest BCUT2D eigenvalue weighted by molar-refractivity contribution is 5.87. The van der Waals surface area contributed by atoms with Gasteiger partial charge in [-0.25, -0.2) is 4.79 Å². The maximum Gasteiger partial charge on any atom is 0.404 e. The van der Waals surface area contributed by atoms with Crippen LogP contribution in [0.1, 0.15) is 12.8 Å². The van der Waals surface area contributed by atoms with Crippen LogP contribution in [-0.4, -0.2) is 66.9 Å². The van der Waals surface area contributed by atoms with Gasteiger partial charge in [0.2, 0.25) is 5.91 Å². The normalized spacial score (nSPS) is 24.8. The second kappa shape index (κ2) is 7.25. The quantitative estimate of drug-likeness (QED) is 0.623. The first-order valence-electron chi connectivity index (χ1n) is 6.94. The Morgan fingerprint density at radius 3 is 2.70 bits per heavy atom. The number of piperidine rings is 1. The molecule has 2 amide bonds. The molecule has 0 saturated carbocycles. The lowest BCUT2D eigenvalue weighted by Gasteiger charge is -2.31. The summed E-state index contributed by atoms with van der Waals surface area (Å²) in [7, 11) is 0. The predicted molar refractivity (Wildman–Crippen MR) is 72.5 cm³/mol. The van der Waals surface area contributed by atoms with Gasteiger partial charge in [0.25, 0.3) is 0 Å². The molecule has 3 N–H and O–H groups in total. The number of ether oxygens (including phenoxy) is 1. The summed E-state index contributed by atoms with van der Waals surface area (Å²) < 4.78 is 5.48. The summed E-state index contributed by atoms with van der Waals surface area (Å²) in [6.07, 6.45) is 3.62. The topological polar surface area (TPSA) is 90.9 Å². The first-order valence-corrected chi connectivity index (χ1v) is 6.94. The van der Waals surface area contributed by atoms with Crippen LogP contribution in [0.5, 0.6) is 0 Å². The summed E-state index contributed by atoms with van der Waals surface area (Å²) in [6, 6.07) is -0.0496. The van der Waals surface area contributed by atoms with Crippen molar-refractivity contribution in [3.8, 4) is 0 Å². The van der Waals surface area contributed by atoms with Crippen molar-refractivity contribution < 1.29 is 19.4 Å². The van der Waals surface area contributed by atoms with E-state index in [1.807, 2.05) is 0 Å². The van der Waals surface area contributed by atoms with Crippen molar-refractivity contribution in [2.45, 2.75) is 25.0 Å². The number of nitrogens with one attached hydrogen (secondary N) is 2. The summed E-state index contributed by atoms with van der Waals surface area (Å²) in [5.41, 5.74) is 0. The van der Waals surface area contributed by atoms with Crippen LogP contribution in [-0.2, 0) is 9.53 Å². The van der Waals surface area contributed by atoms with Crippen LogP contribution in [0.2, 0.25) is 0 Å². The minimum absolute atomic E-state index is 0.0343. The molecular formula is C13H21N3O4. The molecule has 2 fully saturated rings. The third-order valence-electron chi connectivity index (χ3n) is 3.54. The van der Waals surface area contributed by atoms with Gasteiger partial charge in [0.15, 0.2) is 0 Å². The van der Waals surface area contributed by atoms with E-state index in [0.717, 1.165) is 13.1 Å². The highest BCUT2D eigenvalue weighted by Crippen LogP contribution is 2.11. The summed E-state index contributed by atoms with van der Waals surface area (Å²) in [5, 5.41) is 14.3. The SMILES string of the molecule is O=C(O)NC1CCN(C(=O)/C=C/C2CNCCO2)CC1. The highest BCUT2D eigenvalue weighted by Gasteiger charge is 2.22. The van der Waals surface area contributed by atoms with Crippen molar-refractivity contribution in [3.05, 3.63) is 12.2 Å². The maximum atomic E-state index is 12.0. The Hall–Kier alpha value is -1.60. The number of hydrogen-bond acceptors (Lipinski definition) is 4. The van der Waals surface area contributed by atoms with E-state index in [-0.39, 0.29) is 18.1 Å². The molecule has 0 aromatic heterocycles. The van der Waals surface area contributed by atoms with Crippen LogP contribution in [0.25, 0.3) is 0 Å². The third kappa shape index (κ3) is 4.50. The molecule has 1 atom stereocenters. The predicted octanol–water partition coefficient (Wildman–Crippen LogP) is -0.210. The highest BCUT2D eigenvalue weighted by atomic mass is 16.5. The van der Waals surface area contributed by atoms with Crippen LogP contribution < -0.4 is 10.6 Å². The number of nitrogens with zero attached hydrogens (tertiary/aromatic N) is 1. The van der Waals surface area contributed by atoms with Gasteiger partial charge in [-0.05, 0) is 18.9 Å². The Labute approximate surface area is 118 Å². The van der Waals surface area contributed by atoms with Gasteiger partial charge >= 0.3 is 6.09 Å². The van der Waals surface area contributed by atoms with E-state index in [9.17, 15) is 9.59 Å². The number of carboxylic acid groups (broad SMARTS) is 1. The van der Waals surface area contributed by atoms with Crippen molar-refractivity contribution in [2.24, 2.45) is 0 Å². The van der Waals surface area contributed by atoms with Gasteiger partial charge in [0, 0.05) is 38.3 Å². The van der Waals surface area contributed by atoms with Crippen molar-refractivity contribution in [2.75, 3.05) is 32.8 Å². The number of rotatable bonds is 3. The molecule has 2 rings (SSSR count). The molecule has 0 spiro atoms. The number of likely N-dealkylation sites (tertiary alicyclic amines) is 1. The molecule has 2 saturated heterocycles. The standard InChI is InChI=1S/C13H21N3O4/c17-12(2-1-11-9-14-5-8-20-11)16-6-3-10(4-7-16)15-13(18)19/h1-2,10-11,14-15H,3-9H2,(H,18,19)/b2-1+. The number of amides is 2.